The summed E-state index contributed by atoms with van der Waals surface area (Å²) < 4.78 is 6.40. The fourth-order valence-corrected chi connectivity index (χ4v) is 1.92. The van der Waals surface area contributed by atoms with Gasteiger partial charge < -0.3 is 9.94 Å². The number of hydrogen-bond acceptors (Lipinski definition) is 2. The van der Waals surface area contributed by atoms with Crippen LogP contribution in [-0.4, -0.2) is 0 Å². The van der Waals surface area contributed by atoms with Crippen molar-refractivity contribution < 1.29 is 9.47 Å². The van der Waals surface area contributed by atoms with Crippen LogP contribution in [0.4, 0.5) is 0 Å². The van der Waals surface area contributed by atoms with Gasteiger partial charge in [-0.25, -0.2) is 0 Å². The molecule has 0 saturated carbocycles. The Morgan fingerprint density at radius 2 is 1.71 bits per heavy atom. The van der Waals surface area contributed by atoms with Crippen molar-refractivity contribution in [1.29, 1.82) is 0 Å². The molecule has 1 heterocycles. The SMILES string of the molecule is Cc1cc(C)c(Oc2cccc[n+]2[O-])c(C)c1. The van der Waals surface area contributed by atoms with Gasteiger partial charge in [0.1, 0.15) is 5.75 Å². The highest BCUT2D eigenvalue weighted by molar-refractivity contribution is 5.44. The number of nitrogens with zero attached hydrogens (tertiary/aromatic N) is 1. The molecule has 2 aromatic rings. The van der Waals surface area contributed by atoms with Crippen LogP contribution in [-0.2, 0) is 0 Å². The molecule has 0 spiro atoms. The van der Waals surface area contributed by atoms with Gasteiger partial charge in [-0.1, -0.05) is 17.7 Å². The van der Waals surface area contributed by atoms with E-state index in [1.165, 1.54) is 11.8 Å². The van der Waals surface area contributed by atoms with Crippen LogP contribution >= 0.6 is 0 Å². The highest BCUT2D eigenvalue weighted by Crippen LogP contribution is 2.27. The van der Waals surface area contributed by atoms with Crippen molar-refractivity contribution in [3.8, 4) is 11.6 Å². The van der Waals surface area contributed by atoms with Gasteiger partial charge in [-0.3, -0.25) is 0 Å². The van der Waals surface area contributed by atoms with Crippen molar-refractivity contribution in [3.05, 3.63) is 58.4 Å². The Morgan fingerprint density at radius 3 is 2.29 bits per heavy atom. The lowest BCUT2D eigenvalue weighted by Gasteiger charge is -2.11. The first-order chi connectivity index (χ1) is 8.08. The molecule has 88 valence electrons. The molecule has 0 bridgehead atoms. The monoisotopic (exact) mass is 229 g/mol. The van der Waals surface area contributed by atoms with Crippen LogP contribution in [0.15, 0.2) is 36.5 Å². The molecule has 0 amide bonds. The number of aromatic nitrogens is 1. The summed E-state index contributed by atoms with van der Waals surface area (Å²) in [6.07, 6.45) is 1.42. The number of benzene rings is 1. The quantitative estimate of drug-likeness (QED) is 0.586. The van der Waals surface area contributed by atoms with Gasteiger partial charge in [0.05, 0.1) is 6.07 Å². The van der Waals surface area contributed by atoms with Gasteiger partial charge in [0.25, 0.3) is 0 Å². The Bertz CT molecular complexity index is 527. The number of pyridine rings is 1. The van der Waals surface area contributed by atoms with Gasteiger partial charge in [-0.2, -0.15) is 0 Å². The second kappa shape index (κ2) is 4.45. The molecule has 0 atom stereocenters. The van der Waals surface area contributed by atoms with Crippen LogP contribution in [0.1, 0.15) is 16.7 Å². The first-order valence-electron chi connectivity index (χ1n) is 5.52. The van der Waals surface area contributed by atoms with Crippen molar-refractivity contribution in [1.82, 2.24) is 0 Å². The van der Waals surface area contributed by atoms with Gasteiger partial charge in [-0.05, 0) is 38.0 Å². The fourth-order valence-electron chi connectivity index (χ4n) is 1.92. The zero-order valence-corrected chi connectivity index (χ0v) is 10.2. The van der Waals surface area contributed by atoms with Gasteiger partial charge in [0, 0.05) is 6.07 Å². The Labute approximate surface area is 101 Å². The second-order valence-electron chi connectivity index (χ2n) is 4.19. The van der Waals surface area contributed by atoms with Gasteiger partial charge in [-0.15, -0.1) is 4.73 Å². The smallest absolute Gasteiger partial charge is 0.384 e. The third kappa shape index (κ3) is 2.38. The van der Waals surface area contributed by atoms with E-state index >= 15 is 0 Å². The van der Waals surface area contributed by atoms with Crippen molar-refractivity contribution in [3.63, 3.8) is 0 Å². The maximum Gasteiger partial charge on any atom is 0.384 e. The van der Waals surface area contributed by atoms with Crippen LogP contribution < -0.4 is 9.47 Å². The molecule has 0 saturated heterocycles. The maximum absolute atomic E-state index is 11.5. The summed E-state index contributed by atoms with van der Waals surface area (Å²) in [6, 6.07) is 9.20. The molecular formula is C14H15NO2. The number of aryl methyl sites for hydroxylation is 3. The molecular weight excluding hydrogens is 214 g/mol. The summed E-state index contributed by atoms with van der Waals surface area (Å²) in [4.78, 5) is 0. The van der Waals surface area contributed by atoms with E-state index in [0.717, 1.165) is 21.6 Å². The second-order valence-corrected chi connectivity index (χ2v) is 4.19. The van der Waals surface area contributed by atoms with Gasteiger partial charge in [0.2, 0.25) is 0 Å². The molecule has 0 aliphatic carbocycles. The van der Waals surface area contributed by atoms with Crippen molar-refractivity contribution in [2.24, 2.45) is 0 Å². The Balaban J connectivity index is 2.40. The molecule has 17 heavy (non-hydrogen) atoms. The normalized spacial score (nSPS) is 10.3. The van der Waals surface area contributed by atoms with Gasteiger partial charge in [0.15, 0.2) is 6.20 Å². The highest BCUT2D eigenvalue weighted by atomic mass is 16.6. The van der Waals surface area contributed by atoms with E-state index in [9.17, 15) is 5.21 Å². The van der Waals surface area contributed by atoms with Crippen LogP contribution in [0.25, 0.3) is 0 Å². The Kier molecular flexibility index (Phi) is 3.00. The number of ether oxygens (including phenoxy) is 1. The fraction of sp³-hybridized carbons (Fsp3) is 0.214. The molecule has 0 N–H and O–H groups in total. The molecule has 1 aromatic heterocycles. The van der Waals surface area contributed by atoms with E-state index in [0.29, 0.717) is 5.88 Å². The molecule has 3 nitrogen and oxygen atoms in total. The third-order valence-corrected chi connectivity index (χ3v) is 2.60. The molecule has 2 rings (SSSR count). The Morgan fingerprint density at radius 1 is 1.06 bits per heavy atom. The highest BCUT2D eigenvalue weighted by Gasteiger charge is 2.11. The first-order valence-corrected chi connectivity index (χ1v) is 5.52. The largest absolute Gasteiger partial charge is 0.616 e. The predicted molar refractivity (Wildman–Crippen MR) is 66.1 cm³/mol. The lowest BCUT2D eigenvalue weighted by atomic mass is 10.1. The molecule has 3 heteroatoms. The topological polar surface area (TPSA) is 36.2 Å². The van der Waals surface area contributed by atoms with Gasteiger partial charge >= 0.3 is 5.88 Å². The minimum Gasteiger partial charge on any atom is -0.616 e. The molecule has 0 unspecified atom stereocenters. The van der Waals surface area contributed by atoms with Crippen molar-refractivity contribution >= 4 is 0 Å². The summed E-state index contributed by atoms with van der Waals surface area (Å²) in [6.45, 7) is 6.00. The van der Waals surface area contributed by atoms with E-state index in [1.807, 2.05) is 32.9 Å². The summed E-state index contributed by atoms with van der Waals surface area (Å²) >= 11 is 0. The summed E-state index contributed by atoms with van der Waals surface area (Å²) in [7, 11) is 0. The van der Waals surface area contributed by atoms with E-state index in [4.69, 9.17) is 4.74 Å². The van der Waals surface area contributed by atoms with Crippen LogP contribution in [0.2, 0.25) is 0 Å². The number of hydrogen-bond donors (Lipinski definition) is 0. The van der Waals surface area contributed by atoms with E-state index in [2.05, 4.69) is 0 Å². The van der Waals surface area contributed by atoms with E-state index in [1.54, 1.807) is 18.2 Å². The van der Waals surface area contributed by atoms with E-state index in [-0.39, 0.29) is 0 Å². The maximum atomic E-state index is 11.5. The van der Waals surface area contributed by atoms with Crippen LogP contribution in [0, 0.1) is 26.0 Å². The lowest BCUT2D eigenvalue weighted by molar-refractivity contribution is -0.611. The molecule has 0 fully saturated rings. The molecule has 0 aliphatic rings. The molecule has 0 radical (unpaired) electrons. The van der Waals surface area contributed by atoms with Crippen molar-refractivity contribution in [2.75, 3.05) is 0 Å². The number of rotatable bonds is 2. The minimum atomic E-state index is 0.294. The zero-order chi connectivity index (χ0) is 12.4. The standard InChI is InChI=1S/C14H15NO2/c1-10-8-11(2)14(12(3)9-10)17-13-6-4-5-7-15(13)16/h4-9H,1-3H3. The summed E-state index contributed by atoms with van der Waals surface area (Å²) in [5.41, 5.74) is 3.26. The van der Waals surface area contributed by atoms with Crippen LogP contribution in [0.3, 0.4) is 0 Å². The lowest BCUT2D eigenvalue weighted by Crippen LogP contribution is -2.27. The minimum absolute atomic E-state index is 0.294. The summed E-state index contributed by atoms with van der Waals surface area (Å²) in [5, 5.41) is 11.5. The summed E-state index contributed by atoms with van der Waals surface area (Å²) in [5.74, 6) is 1.05. The zero-order valence-electron chi connectivity index (χ0n) is 10.2. The average molecular weight is 229 g/mol. The Hall–Kier alpha value is -2.03. The van der Waals surface area contributed by atoms with Crippen molar-refractivity contribution in [2.45, 2.75) is 20.8 Å². The average Bonchev–Trinajstić information content (AvgIpc) is 2.25. The third-order valence-electron chi connectivity index (χ3n) is 2.60. The molecule has 1 aromatic carbocycles. The predicted octanol–water partition coefficient (Wildman–Crippen LogP) is 3.04. The first kappa shape index (κ1) is 11.5. The van der Waals surface area contributed by atoms with Crippen LogP contribution in [0.5, 0.6) is 11.6 Å². The molecule has 0 aliphatic heterocycles. The van der Waals surface area contributed by atoms with E-state index < -0.39 is 0 Å².